The zero-order valence-corrected chi connectivity index (χ0v) is 9.56. The van der Waals surface area contributed by atoms with Gasteiger partial charge in [-0.1, -0.05) is 0 Å². The second kappa shape index (κ2) is 3.32. The highest BCUT2D eigenvalue weighted by Gasteiger charge is 2.24. The first-order valence-corrected chi connectivity index (χ1v) is 4.96. The van der Waals surface area contributed by atoms with Crippen molar-refractivity contribution in [1.29, 1.82) is 0 Å². The highest BCUT2D eigenvalue weighted by Crippen LogP contribution is 2.22. The summed E-state index contributed by atoms with van der Waals surface area (Å²) < 4.78 is 10.3. The Morgan fingerprint density at radius 1 is 1.55 bits per heavy atom. The van der Waals surface area contributed by atoms with Crippen LogP contribution in [0.3, 0.4) is 0 Å². The van der Waals surface area contributed by atoms with Crippen LogP contribution in [0.4, 0.5) is 0 Å². The second-order valence-electron chi connectivity index (χ2n) is 2.59. The third-order valence-electron chi connectivity index (χ3n) is 1.45. The summed E-state index contributed by atoms with van der Waals surface area (Å²) in [6.07, 6.45) is 0. The van der Waals surface area contributed by atoms with Crippen molar-refractivity contribution in [2.75, 3.05) is 7.11 Å². The molecule has 1 aromatic rings. The van der Waals surface area contributed by atoms with Crippen LogP contribution in [0.1, 0.15) is 19.7 Å². The van der Waals surface area contributed by atoms with Crippen molar-refractivity contribution in [1.82, 2.24) is 9.36 Å². The van der Waals surface area contributed by atoms with Gasteiger partial charge >= 0.3 is 0 Å². The average Bonchev–Trinajstić information content (AvgIpc) is 2.36. The van der Waals surface area contributed by atoms with E-state index in [1.807, 2.05) is 13.8 Å². The maximum Gasteiger partial charge on any atom is 0.174 e. The lowest BCUT2D eigenvalue weighted by Gasteiger charge is -2.18. The van der Waals surface area contributed by atoms with Crippen molar-refractivity contribution in [3.63, 3.8) is 0 Å². The fraction of sp³-hybridized carbons (Fsp3) is 0.667. The van der Waals surface area contributed by atoms with Crippen LogP contribution in [0.2, 0.25) is 0 Å². The summed E-state index contributed by atoms with van der Waals surface area (Å²) >= 11 is 3.54. The number of methoxy groups -OCH3 is 1. The first-order valence-electron chi connectivity index (χ1n) is 3.11. The van der Waals surface area contributed by atoms with Crippen LogP contribution in [-0.2, 0) is 10.3 Å². The summed E-state index contributed by atoms with van der Waals surface area (Å²) in [6, 6.07) is 0. The molecule has 0 saturated carbocycles. The molecule has 11 heavy (non-hydrogen) atoms. The molecule has 0 amide bonds. The molecule has 0 spiro atoms. The molecule has 0 aliphatic rings. The minimum Gasteiger partial charge on any atom is -0.371 e. The van der Waals surface area contributed by atoms with Gasteiger partial charge in [-0.2, -0.15) is 4.37 Å². The number of halogens is 1. The molecule has 0 saturated heterocycles. The molecule has 5 heteroatoms. The number of aromatic nitrogens is 2. The van der Waals surface area contributed by atoms with E-state index in [4.69, 9.17) is 4.74 Å². The predicted molar refractivity (Wildman–Crippen MR) is 52.7 cm³/mol. The average molecular weight is 284 g/mol. The van der Waals surface area contributed by atoms with E-state index in [9.17, 15) is 0 Å². The Hall–Kier alpha value is 0.250. The lowest BCUT2D eigenvalue weighted by molar-refractivity contribution is 0.0124. The van der Waals surface area contributed by atoms with E-state index < -0.39 is 0 Å². The van der Waals surface area contributed by atoms with Crippen LogP contribution in [0.25, 0.3) is 0 Å². The SMILES string of the molecule is COC(C)(C)c1nsc(I)n1. The number of nitrogens with zero attached hydrogens (tertiary/aromatic N) is 2. The molecule has 1 aromatic heterocycles. The number of ether oxygens (including phenoxy) is 1. The summed E-state index contributed by atoms with van der Waals surface area (Å²) in [5.74, 6) is 0.759. The van der Waals surface area contributed by atoms with Crippen LogP contribution < -0.4 is 0 Å². The summed E-state index contributed by atoms with van der Waals surface area (Å²) in [5, 5.41) is 0. The van der Waals surface area contributed by atoms with Gasteiger partial charge in [0.2, 0.25) is 0 Å². The summed E-state index contributed by atoms with van der Waals surface area (Å²) in [7, 11) is 1.66. The third kappa shape index (κ3) is 2.09. The number of hydrogen-bond acceptors (Lipinski definition) is 4. The van der Waals surface area contributed by atoms with Gasteiger partial charge in [-0.15, -0.1) is 0 Å². The van der Waals surface area contributed by atoms with Crippen LogP contribution >= 0.6 is 34.1 Å². The fourth-order valence-corrected chi connectivity index (χ4v) is 1.61. The topological polar surface area (TPSA) is 35.0 Å². The van der Waals surface area contributed by atoms with Gasteiger partial charge in [0, 0.05) is 7.11 Å². The fourth-order valence-electron chi connectivity index (χ4n) is 0.541. The Bertz CT molecular complexity index is 248. The minimum absolute atomic E-state index is 0.361. The van der Waals surface area contributed by atoms with E-state index in [-0.39, 0.29) is 5.60 Å². The van der Waals surface area contributed by atoms with Crippen molar-refractivity contribution in [3.8, 4) is 0 Å². The van der Waals surface area contributed by atoms with E-state index in [2.05, 4.69) is 31.9 Å². The Morgan fingerprint density at radius 3 is 2.55 bits per heavy atom. The van der Waals surface area contributed by atoms with E-state index in [0.29, 0.717) is 0 Å². The van der Waals surface area contributed by atoms with Crippen molar-refractivity contribution < 1.29 is 4.74 Å². The lowest BCUT2D eigenvalue weighted by Crippen LogP contribution is -2.21. The highest BCUT2D eigenvalue weighted by molar-refractivity contribution is 14.1. The van der Waals surface area contributed by atoms with Crippen molar-refractivity contribution >= 4 is 34.1 Å². The first-order chi connectivity index (χ1) is 5.06. The van der Waals surface area contributed by atoms with Gasteiger partial charge in [-0.25, -0.2) is 4.98 Å². The lowest BCUT2D eigenvalue weighted by atomic mass is 10.1. The standard InChI is InChI=1S/C6H9IN2OS/c1-6(2,10-3)4-8-5(7)11-9-4/h1-3H3. The zero-order valence-electron chi connectivity index (χ0n) is 6.59. The van der Waals surface area contributed by atoms with Gasteiger partial charge in [0.05, 0.1) is 0 Å². The Balaban J connectivity index is 2.92. The minimum atomic E-state index is -0.361. The number of hydrogen-bond donors (Lipinski definition) is 0. The molecule has 0 aliphatic heterocycles. The number of rotatable bonds is 2. The van der Waals surface area contributed by atoms with Gasteiger partial charge < -0.3 is 4.74 Å². The first kappa shape index (κ1) is 9.34. The van der Waals surface area contributed by atoms with E-state index in [1.165, 1.54) is 11.5 Å². The molecule has 1 rings (SSSR count). The molecule has 0 N–H and O–H groups in total. The molecule has 0 bridgehead atoms. The van der Waals surface area contributed by atoms with Crippen LogP contribution in [0, 0.1) is 3.01 Å². The highest BCUT2D eigenvalue weighted by atomic mass is 127. The monoisotopic (exact) mass is 284 g/mol. The molecule has 62 valence electrons. The molecule has 0 aromatic carbocycles. The predicted octanol–water partition coefficient (Wildman–Crippen LogP) is 2.02. The molecule has 0 atom stereocenters. The Morgan fingerprint density at radius 2 is 2.18 bits per heavy atom. The van der Waals surface area contributed by atoms with Gasteiger partial charge in [0.1, 0.15) is 5.60 Å². The quantitative estimate of drug-likeness (QED) is 0.779. The zero-order chi connectivity index (χ0) is 8.48. The van der Waals surface area contributed by atoms with E-state index in [1.54, 1.807) is 7.11 Å². The van der Waals surface area contributed by atoms with Gasteiger partial charge in [-0.3, -0.25) is 0 Å². The van der Waals surface area contributed by atoms with Gasteiger partial charge in [0.15, 0.2) is 8.84 Å². The molecule has 0 unspecified atom stereocenters. The van der Waals surface area contributed by atoms with Crippen LogP contribution in [0.15, 0.2) is 0 Å². The van der Waals surface area contributed by atoms with Gasteiger partial charge in [0.25, 0.3) is 0 Å². The Kier molecular flexibility index (Phi) is 2.82. The third-order valence-corrected chi connectivity index (χ3v) is 2.79. The molecule has 0 fully saturated rings. The van der Waals surface area contributed by atoms with Gasteiger partial charge in [-0.05, 0) is 48.0 Å². The maximum atomic E-state index is 5.22. The normalized spacial score (nSPS) is 12.0. The summed E-state index contributed by atoms with van der Waals surface area (Å²) in [4.78, 5) is 4.22. The molecule has 1 heterocycles. The van der Waals surface area contributed by atoms with E-state index in [0.717, 1.165) is 8.84 Å². The van der Waals surface area contributed by atoms with Crippen molar-refractivity contribution in [3.05, 3.63) is 8.84 Å². The molecule has 0 radical (unpaired) electrons. The molecular formula is C6H9IN2OS. The van der Waals surface area contributed by atoms with Crippen molar-refractivity contribution in [2.45, 2.75) is 19.4 Å². The van der Waals surface area contributed by atoms with E-state index >= 15 is 0 Å². The van der Waals surface area contributed by atoms with Crippen LogP contribution in [0.5, 0.6) is 0 Å². The van der Waals surface area contributed by atoms with Crippen LogP contribution in [-0.4, -0.2) is 16.5 Å². The summed E-state index contributed by atoms with van der Waals surface area (Å²) in [5.41, 5.74) is -0.361. The molecule has 0 aliphatic carbocycles. The molecular weight excluding hydrogens is 275 g/mol. The van der Waals surface area contributed by atoms with Crippen molar-refractivity contribution in [2.24, 2.45) is 0 Å². The summed E-state index contributed by atoms with van der Waals surface area (Å²) in [6.45, 7) is 3.90. The maximum absolute atomic E-state index is 5.22. The largest absolute Gasteiger partial charge is 0.371 e. The second-order valence-corrected chi connectivity index (χ2v) is 5.09. The molecule has 3 nitrogen and oxygen atoms in total. The Labute approximate surface area is 83.5 Å². The smallest absolute Gasteiger partial charge is 0.174 e.